The van der Waals surface area contributed by atoms with Gasteiger partial charge in [-0.05, 0) is 61.3 Å². The monoisotopic (exact) mass is 458 g/mol. The number of carbonyl (C=O) groups excluding carboxylic acids is 1. The summed E-state index contributed by atoms with van der Waals surface area (Å²) in [6.45, 7) is 3.84. The molecule has 0 radical (unpaired) electrons. The second-order valence-electron chi connectivity index (χ2n) is 9.64. The third-order valence-corrected chi connectivity index (χ3v) is 7.85. The van der Waals surface area contributed by atoms with Gasteiger partial charge in [-0.3, -0.25) is 9.69 Å². The first kappa shape index (κ1) is 22.7. The molecule has 4 aliphatic rings. The van der Waals surface area contributed by atoms with Crippen molar-refractivity contribution in [2.24, 2.45) is 11.8 Å². The molecule has 1 aliphatic carbocycles. The molecule has 2 N–H and O–H groups in total. The molecule has 8 heteroatoms. The number of aromatic amines is 1. The van der Waals surface area contributed by atoms with E-state index in [-0.39, 0.29) is 24.6 Å². The van der Waals surface area contributed by atoms with Gasteiger partial charge < -0.3 is 29.0 Å². The number of piperidine rings is 2. The highest BCUT2D eigenvalue weighted by Gasteiger charge is 2.62. The number of rotatable bonds is 9. The molecule has 0 spiro atoms. The van der Waals surface area contributed by atoms with E-state index < -0.39 is 5.41 Å². The number of benzene rings is 1. The molecule has 2 saturated heterocycles. The molecule has 1 saturated carbocycles. The van der Waals surface area contributed by atoms with E-state index in [1.54, 1.807) is 13.2 Å². The molecule has 3 aliphatic heterocycles. The highest BCUT2D eigenvalue weighted by molar-refractivity contribution is 5.92. The zero-order valence-corrected chi connectivity index (χ0v) is 19.5. The summed E-state index contributed by atoms with van der Waals surface area (Å²) in [5, 5.41) is 11.1. The maximum absolute atomic E-state index is 13.6. The van der Waals surface area contributed by atoms with Crippen LogP contribution in [-0.2, 0) is 35.6 Å². The van der Waals surface area contributed by atoms with Crippen LogP contribution in [0.3, 0.4) is 0 Å². The van der Waals surface area contributed by atoms with Gasteiger partial charge in [0, 0.05) is 49.4 Å². The van der Waals surface area contributed by atoms with Crippen LogP contribution in [0.2, 0.25) is 0 Å². The minimum Gasteiger partial charge on any atom is -0.508 e. The van der Waals surface area contributed by atoms with Crippen LogP contribution < -0.4 is 0 Å². The first-order valence-electron chi connectivity index (χ1n) is 11.9. The number of phenolic OH excluding ortho intramolecular Hbond substituents is 1. The molecule has 4 heterocycles. The second kappa shape index (κ2) is 9.25. The highest BCUT2D eigenvalue weighted by Crippen LogP contribution is 2.55. The number of hydrogen-bond donors (Lipinski definition) is 2. The van der Waals surface area contributed by atoms with Crippen LogP contribution in [-0.4, -0.2) is 80.9 Å². The minimum absolute atomic E-state index is 0.0656. The quantitative estimate of drug-likeness (QED) is 0.339. The van der Waals surface area contributed by atoms with Gasteiger partial charge in [0.05, 0.1) is 20.3 Å². The SMILES string of the molecule is COCCOCOCCC1CC2CN3CCc4c([nH]c5ccc(O)cc45)C(C(=O)OC)(C2)C13. The fraction of sp³-hybridized carbons (Fsp3) is 0.640. The van der Waals surface area contributed by atoms with Gasteiger partial charge in [0.25, 0.3) is 0 Å². The minimum atomic E-state index is -0.726. The largest absolute Gasteiger partial charge is 0.508 e. The Morgan fingerprint density at radius 2 is 2.09 bits per heavy atom. The number of phenols is 1. The van der Waals surface area contributed by atoms with Crippen molar-refractivity contribution in [1.82, 2.24) is 9.88 Å². The number of methoxy groups -OCH3 is 2. The number of esters is 1. The van der Waals surface area contributed by atoms with Crippen LogP contribution in [0.5, 0.6) is 5.75 Å². The lowest BCUT2D eigenvalue weighted by Crippen LogP contribution is -2.67. The van der Waals surface area contributed by atoms with Crippen LogP contribution in [0.25, 0.3) is 10.9 Å². The van der Waals surface area contributed by atoms with E-state index in [2.05, 4.69) is 9.88 Å². The van der Waals surface area contributed by atoms with Crippen molar-refractivity contribution in [3.8, 4) is 5.75 Å². The zero-order valence-electron chi connectivity index (χ0n) is 19.5. The number of carbonyl (C=O) groups is 1. The van der Waals surface area contributed by atoms with E-state index in [1.807, 2.05) is 12.1 Å². The van der Waals surface area contributed by atoms with Gasteiger partial charge in [0.15, 0.2) is 0 Å². The maximum Gasteiger partial charge on any atom is 0.319 e. The molecule has 1 aromatic heterocycles. The number of aromatic nitrogens is 1. The van der Waals surface area contributed by atoms with Crippen molar-refractivity contribution in [2.45, 2.75) is 37.1 Å². The first-order valence-corrected chi connectivity index (χ1v) is 11.9. The Kier molecular flexibility index (Phi) is 6.35. The number of aromatic hydroxyl groups is 1. The molecule has 5 unspecified atom stereocenters. The van der Waals surface area contributed by atoms with Crippen molar-refractivity contribution >= 4 is 16.9 Å². The van der Waals surface area contributed by atoms with Crippen LogP contribution in [0.4, 0.5) is 0 Å². The molecule has 3 fully saturated rings. The predicted molar refractivity (Wildman–Crippen MR) is 122 cm³/mol. The Balaban J connectivity index is 1.45. The lowest BCUT2D eigenvalue weighted by Gasteiger charge is -2.58. The van der Waals surface area contributed by atoms with E-state index in [4.69, 9.17) is 18.9 Å². The maximum atomic E-state index is 13.6. The van der Waals surface area contributed by atoms with E-state index in [0.717, 1.165) is 60.9 Å². The Bertz CT molecular complexity index is 1010. The molecule has 5 atom stereocenters. The fourth-order valence-electron chi connectivity index (χ4n) is 6.74. The van der Waals surface area contributed by atoms with Gasteiger partial charge in [-0.1, -0.05) is 0 Å². The average molecular weight is 459 g/mol. The summed E-state index contributed by atoms with van der Waals surface area (Å²) < 4.78 is 21.6. The fourth-order valence-corrected chi connectivity index (χ4v) is 6.74. The third-order valence-electron chi connectivity index (χ3n) is 7.85. The summed E-state index contributed by atoms with van der Waals surface area (Å²) in [4.78, 5) is 19.7. The molecular weight excluding hydrogens is 424 g/mol. The number of nitrogens with zero attached hydrogens (tertiary/aromatic N) is 1. The summed E-state index contributed by atoms with van der Waals surface area (Å²) in [5.74, 6) is 0.854. The summed E-state index contributed by atoms with van der Waals surface area (Å²) >= 11 is 0. The normalized spacial score (nSPS) is 30.2. The third kappa shape index (κ3) is 3.83. The molecule has 8 nitrogen and oxygen atoms in total. The highest BCUT2D eigenvalue weighted by atomic mass is 16.7. The van der Waals surface area contributed by atoms with Gasteiger partial charge >= 0.3 is 5.97 Å². The topological polar surface area (TPSA) is 93.3 Å². The average Bonchev–Trinajstić information content (AvgIpc) is 3.14. The molecule has 2 aromatic rings. The molecule has 1 aromatic carbocycles. The molecule has 6 rings (SSSR count). The van der Waals surface area contributed by atoms with Gasteiger partial charge in [-0.15, -0.1) is 0 Å². The Morgan fingerprint density at radius 3 is 2.91 bits per heavy atom. The van der Waals surface area contributed by atoms with Gasteiger partial charge in [-0.25, -0.2) is 0 Å². The van der Waals surface area contributed by atoms with E-state index in [9.17, 15) is 9.90 Å². The van der Waals surface area contributed by atoms with Gasteiger partial charge in [0.2, 0.25) is 0 Å². The zero-order chi connectivity index (χ0) is 23.0. The molecular formula is C25H34N2O6. The predicted octanol–water partition coefficient (Wildman–Crippen LogP) is 2.58. The summed E-state index contributed by atoms with van der Waals surface area (Å²) in [7, 11) is 3.15. The molecule has 180 valence electrons. The number of nitrogens with one attached hydrogen (secondary N) is 1. The van der Waals surface area contributed by atoms with Crippen LogP contribution >= 0.6 is 0 Å². The van der Waals surface area contributed by atoms with Crippen LogP contribution in [0, 0.1) is 11.8 Å². The van der Waals surface area contributed by atoms with Crippen LogP contribution in [0.15, 0.2) is 18.2 Å². The summed E-state index contributed by atoms with van der Waals surface area (Å²) in [5.41, 5.74) is 2.36. The Labute approximate surface area is 194 Å². The van der Waals surface area contributed by atoms with Crippen molar-refractivity contribution in [2.75, 3.05) is 53.9 Å². The standard InChI is InChI=1S/C25H34N2O6/c1-30-9-10-33-15-32-8-6-17-11-16-13-25(24(29)31-2)22-19(5-7-27(14-16)23(17)25)20-12-18(28)3-4-21(20)26-22/h3-4,12,16-17,23,26,28H,5-11,13-15H2,1-2H3. The summed E-state index contributed by atoms with van der Waals surface area (Å²) in [6.07, 6.45) is 3.62. The van der Waals surface area contributed by atoms with Crippen molar-refractivity contribution in [3.05, 3.63) is 29.5 Å². The smallest absolute Gasteiger partial charge is 0.319 e. The van der Waals surface area contributed by atoms with Gasteiger partial charge in [-0.2, -0.15) is 0 Å². The Hall–Kier alpha value is -2.13. The van der Waals surface area contributed by atoms with Crippen molar-refractivity contribution in [3.63, 3.8) is 0 Å². The van der Waals surface area contributed by atoms with E-state index in [1.165, 1.54) is 7.11 Å². The Morgan fingerprint density at radius 1 is 1.24 bits per heavy atom. The lowest BCUT2D eigenvalue weighted by atomic mass is 9.56. The summed E-state index contributed by atoms with van der Waals surface area (Å²) in [6, 6.07) is 5.47. The lowest BCUT2D eigenvalue weighted by molar-refractivity contribution is -0.163. The second-order valence-corrected chi connectivity index (χ2v) is 9.64. The molecule has 0 amide bonds. The number of fused-ring (bicyclic) bond motifs is 4. The van der Waals surface area contributed by atoms with Gasteiger partial charge in [0.1, 0.15) is 18.0 Å². The number of H-pyrrole nitrogens is 1. The van der Waals surface area contributed by atoms with E-state index >= 15 is 0 Å². The number of hydrogen-bond acceptors (Lipinski definition) is 7. The van der Waals surface area contributed by atoms with Crippen LogP contribution in [0.1, 0.15) is 30.5 Å². The van der Waals surface area contributed by atoms with Crippen molar-refractivity contribution < 1.29 is 28.8 Å². The van der Waals surface area contributed by atoms with Crippen molar-refractivity contribution in [1.29, 1.82) is 0 Å². The molecule has 4 bridgehead atoms. The van der Waals surface area contributed by atoms with E-state index in [0.29, 0.717) is 31.7 Å². The first-order chi connectivity index (χ1) is 16.1. The molecule has 33 heavy (non-hydrogen) atoms. The number of ether oxygens (including phenoxy) is 4.